The van der Waals surface area contributed by atoms with E-state index in [1.807, 2.05) is 25.1 Å². The second-order valence-electron chi connectivity index (χ2n) is 8.26. The number of aromatic nitrogens is 1. The summed E-state index contributed by atoms with van der Waals surface area (Å²) in [5, 5.41) is 0. The van der Waals surface area contributed by atoms with Gasteiger partial charge in [-0.1, -0.05) is 26.2 Å². The van der Waals surface area contributed by atoms with Gasteiger partial charge in [-0.25, -0.2) is 0 Å². The molecule has 0 radical (unpaired) electrons. The molecule has 0 aliphatic carbocycles. The summed E-state index contributed by atoms with van der Waals surface area (Å²) in [5.41, 5.74) is 2.92. The quantitative estimate of drug-likeness (QED) is 0.519. The first-order chi connectivity index (χ1) is 14.6. The molecular weight excluding hydrogens is 378 g/mol. The van der Waals surface area contributed by atoms with E-state index in [1.54, 1.807) is 6.26 Å². The van der Waals surface area contributed by atoms with Gasteiger partial charge in [0.1, 0.15) is 5.76 Å². The van der Waals surface area contributed by atoms with Crippen LogP contribution in [-0.2, 0) is 11.3 Å². The molecule has 1 saturated heterocycles. The van der Waals surface area contributed by atoms with Crippen LogP contribution in [0.2, 0.25) is 0 Å². The summed E-state index contributed by atoms with van der Waals surface area (Å²) in [5.74, 6) is 1.05. The lowest BCUT2D eigenvalue weighted by atomic mass is 10.1. The fourth-order valence-corrected chi connectivity index (χ4v) is 4.12. The molecule has 6 nitrogen and oxygen atoms in total. The Labute approximate surface area is 180 Å². The van der Waals surface area contributed by atoms with Crippen LogP contribution in [0.5, 0.6) is 0 Å². The molecule has 1 fully saturated rings. The van der Waals surface area contributed by atoms with Crippen LogP contribution in [0.25, 0.3) is 0 Å². The van der Waals surface area contributed by atoms with Gasteiger partial charge in [-0.3, -0.25) is 9.69 Å². The topological polar surface area (TPSA) is 50.9 Å². The van der Waals surface area contributed by atoms with Crippen LogP contribution < -0.4 is 0 Å². The number of hydrogen-bond donors (Lipinski definition) is 0. The zero-order chi connectivity index (χ0) is 21.3. The Morgan fingerprint density at radius 3 is 2.63 bits per heavy atom. The summed E-state index contributed by atoms with van der Waals surface area (Å²) >= 11 is 0. The molecule has 30 heavy (non-hydrogen) atoms. The van der Waals surface area contributed by atoms with Gasteiger partial charge in [-0.2, -0.15) is 0 Å². The predicted molar refractivity (Wildman–Crippen MR) is 119 cm³/mol. The van der Waals surface area contributed by atoms with E-state index >= 15 is 0 Å². The minimum absolute atomic E-state index is 0.151. The maximum atomic E-state index is 13.5. The normalized spacial score (nSPS) is 14.9. The Balaban J connectivity index is 1.70. The van der Waals surface area contributed by atoms with Gasteiger partial charge in [-0.15, -0.1) is 0 Å². The highest BCUT2D eigenvalue weighted by Gasteiger charge is 2.22. The smallest absolute Gasteiger partial charge is 0.255 e. The SMILES string of the molecule is CCCCCCN(CCN1CCOCC1)C(=O)c1cc(C)n(Cc2ccco2)c1C. The highest BCUT2D eigenvalue weighted by molar-refractivity contribution is 5.95. The first-order valence-corrected chi connectivity index (χ1v) is 11.4. The summed E-state index contributed by atoms with van der Waals surface area (Å²) in [6.45, 7) is 13.0. The van der Waals surface area contributed by atoms with Crippen LogP contribution in [0.4, 0.5) is 0 Å². The lowest BCUT2D eigenvalue weighted by Crippen LogP contribution is -2.43. The number of unbranched alkanes of at least 4 members (excludes halogenated alkanes) is 3. The van der Waals surface area contributed by atoms with Crippen molar-refractivity contribution in [2.75, 3.05) is 45.9 Å². The van der Waals surface area contributed by atoms with Gasteiger partial charge in [0.15, 0.2) is 0 Å². The van der Waals surface area contributed by atoms with Crippen molar-refractivity contribution in [2.24, 2.45) is 0 Å². The molecule has 0 bridgehead atoms. The summed E-state index contributed by atoms with van der Waals surface area (Å²) in [6, 6.07) is 5.91. The van der Waals surface area contributed by atoms with E-state index in [2.05, 4.69) is 28.2 Å². The number of furan rings is 1. The molecule has 166 valence electrons. The van der Waals surface area contributed by atoms with E-state index in [4.69, 9.17) is 9.15 Å². The third-order valence-electron chi connectivity index (χ3n) is 6.06. The molecule has 3 rings (SSSR count). The number of morpholine rings is 1. The van der Waals surface area contributed by atoms with Crippen LogP contribution in [0.1, 0.15) is 60.1 Å². The van der Waals surface area contributed by atoms with Crippen LogP contribution in [0.3, 0.4) is 0 Å². The number of amides is 1. The highest BCUT2D eigenvalue weighted by atomic mass is 16.5. The van der Waals surface area contributed by atoms with Crippen molar-refractivity contribution in [1.82, 2.24) is 14.4 Å². The fraction of sp³-hybridized carbons (Fsp3) is 0.625. The molecule has 3 heterocycles. The molecule has 2 aromatic heterocycles. The minimum Gasteiger partial charge on any atom is -0.467 e. The second kappa shape index (κ2) is 11.4. The largest absolute Gasteiger partial charge is 0.467 e. The summed E-state index contributed by atoms with van der Waals surface area (Å²) in [7, 11) is 0. The molecule has 0 saturated carbocycles. The van der Waals surface area contributed by atoms with Gasteiger partial charge < -0.3 is 18.6 Å². The third-order valence-corrected chi connectivity index (χ3v) is 6.06. The molecule has 2 aromatic rings. The van der Waals surface area contributed by atoms with Crippen molar-refractivity contribution < 1.29 is 13.9 Å². The van der Waals surface area contributed by atoms with Gasteiger partial charge in [-0.05, 0) is 38.5 Å². The molecule has 0 aromatic carbocycles. The van der Waals surface area contributed by atoms with E-state index < -0.39 is 0 Å². The third kappa shape index (κ3) is 5.99. The van der Waals surface area contributed by atoms with Crippen LogP contribution in [0.15, 0.2) is 28.9 Å². The zero-order valence-electron chi connectivity index (χ0n) is 18.9. The van der Waals surface area contributed by atoms with Crippen molar-refractivity contribution in [3.05, 3.63) is 47.2 Å². The van der Waals surface area contributed by atoms with Crippen LogP contribution in [-0.4, -0.2) is 66.2 Å². The fourth-order valence-electron chi connectivity index (χ4n) is 4.12. The summed E-state index contributed by atoms with van der Waals surface area (Å²) in [6.07, 6.45) is 6.36. The monoisotopic (exact) mass is 415 g/mol. The second-order valence-corrected chi connectivity index (χ2v) is 8.26. The van der Waals surface area contributed by atoms with Crippen molar-refractivity contribution >= 4 is 5.91 Å². The molecule has 0 atom stereocenters. The standard InChI is InChI=1S/C24H37N3O3/c1-4-5-6-7-10-26(12-11-25-13-16-29-17-14-25)24(28)23-18-20(2)27(21(23)3)19-22-9-8-15-30-22/h8-9,15,18H,4-7,10-14,16-17,19H2,1-3H3. The molecule has 1 aliphatic heterocycles. The number of hydrogen-bond acceptors (Lipinski definition) is 4. The van der Waals surface area contributed by atoms with Crippen molar-refractivity contribution in [3.63, 3.8) is 0 Å². The van der Waals surface area contributed by atoms with Gasteiger partial charge in [0, 0.05) is 44.1 Å². The lowest BCUT2D eigenvalue weighted by Gasteiger charge is -2.30. The van der Waals surface area contributed by atoms with Gasteiger partial charge in [0.05, 0.1) is 31.6 Å². The first kappa shape index (κ1) is 22.6. The van der Waals surface area contributed by atoms with Crippen molar-refractivity contribution in [1.29, 1.82) is 0 Å². The van der Waals surface area contributed by atoms with E-state index in [1.165, 1.54) is 19.3 Å². The Morgan fingerprint density at radius 1 is 1.13 bits per heavy atom. The van der Waals surface area contributed by atoms with E-state index in [9.17, 15) is 4.79 Å². The molecule has 0 unspecified atom stereocenters. The Bertz CT molecular complexity index is 776. The number of ether oxygens (including phenoxy) is 1. The maximum Gasteiger partial charge on any atom is 0.255 e. The summed E-state index contributed by atoms with van der Waals surface area (Å²) < 4.78 is 13.1. The van der Waals surface area contributed by atoms with E-state index in [0.717, 1.165) is 75.1 Å². The van der Waals surface area contributed by atoms with Crippen LogP contribution >= 0.6 is 0 Å². The molecule has 1 amide bonds. The number of nitrogens with zero attached hydrogens (tertiary/aromatic N) is 3. The number of carbonyl (C=O) groups excluding carboxylic acids is 1. The van der Waals surface area contributed by atoms with Gasteiger partial charge in [0.2, 0.25) is 0 Å². The Morgan fingerprint density at radius 2 is 1.93 bits per heavy atom. The average molecular weight is 416 g/mol. The molecule has 6 heteroatoms. The molecule has 0 N–H and O–H groups in total. The molecular formula is C24H37N3O3. The Kier molecular flexibility index (Phi) is 8.58. The number of carbonyl (C=O) groups is 1. The number of aryl methyl sites for hydroxylation is 1. The minimum atomic E-state index is 0.151. The molecule has 1 aliphatic rings. The molecule has 0 spiro atoms. The van der Waals surface area contributed by atoms with Crippen molar-refractivity contribution in [3.8, 4) is 0 Å². The van der Waals surface area contributed by atoms with Crippen molar-refractivity contribution in [2.45, 2.75) is 53.0 Å². The lowest BCUT2D eigenvalue weighted by molar-refractivity contribution is 0.0324. The van der Waals surface area contributed by atoms with Gasteiger partial charge >= 0.3 is 0 Å². The van der Waals surface area contributed by atoms with Gasteiger partial charge in [0.25, 0.3) is 5.91 Å². The maximum absolute atomic E-state index is 13.5. The van der Waals surface area contributed by atoms with Crippen LogP contribution in [0, 0.1) is 13.8 Å². The zero-order valence-corrected chi connectivity index (χ0v) is 18.9. The summed E-state index contributed by atoms with van der Waals surface area (Å²) in [4.78, 5) is 18.0. The number of rotatable bonds is 11. The Hall–Kier alpha value is -2.05. The predicted octanol–water partition coefficient (Wildman–Crippen LogP) is 4.10. The average Bonchev–Trinajstić information content (AvgIpc) is 3.37. The van der Waals surface area contributed by atoms with E-state index in [0.29, 0.717) is 6.54 Å². The highest BCUT2D eigenvalue weighted by Crippen LogP contribution is 2.20. The van der Waals surface area contributed by atoms with E-state index in [-0.39, 0.29) is 5.91 Å². The first-order valence-electron chi connectivity index (χ1n) is 11.4.